The van der Waals surface area contributed by atoms with E-state index >= 15 is 0 Å². The number of amides is 2. The van der Waals surface area contributed by atoms with Crippen LogP contribution in [0.3, 0.4) is 0 Å². The van der Waals surface area contributed by atoms with Crippen molar-refractivity contribution in [2.24, 2.45) is 0 Å². The first-order valence-electron chi connectivity index (χ1n) is 9.73. The fraction of sp³-hybridized carbons (Fsp3) is 0.364. The lowest BCUT2D eigenvalue weighted by Gasteiger charge is -2.15. The third kappa shape index (κ3) is 7.31. The Morgan fingerprint density at radius 3 is 2.48 bits per heavy atom. The van der Waals surface area contributed by atoms with E-state index in [1.807, 2.05) is 37.3 Å². The molecule has 0 spiro atoms. The Morgan fingerprint density at radius 2 is 1.79 bits per heavy atom. The summed E-state index contributed by atoms with van der Waals surface area (Å²) in [5.41, 5.74) is 1.29. The zero-order chi connectivity index (χ0) is 21.1. The van der Waals surface area contributed by atoms with Gasteiger partial charge in [-0.15, -0.1) is 0 Å². The van der Waals surface area contributed by atoms with Gasteiger partial charge in [-0.2, -0.15) is 0 Å². The summed E-state index contributed by atoms with van der Waals surface area (Å²) in [6, 6.07) is 12.6. The van der Waals surface area contributed by atoms with Crippen LogP contribution >= 0.6 is 11.6 Å². The van der Waals surface area contributed by atoms with Crippen molar-refractivity contribution >= 4 is 23.4 Å². The first-order chi connectivity index (χ1) is 14.0. The third-order valence-electron chi connectivity index (χ3n) is 4.06. The molecule has 0 aliphatic heterocycles. The number of hydrogen-bond donors (Lipinski definition) is 2. The lowest BCUT2D eigenvalue weighted by Crippen LogP contribution is -2.36. The molecule has 0 saturated carbocycles. The minimum absolute atomic E-state index is 0.137. The maximum Gasteiger partial charge on any atom is 0.251 e. The van der Waals surface area contributed by atoms with Gasteiger partial charge in [-0.1, -0.05) is 55.3 Å². The normalized spacial score (nSPS) is 10.3. The van der Waals surface area contributed by atoms with Crippen LogP contribution in [0.4, 0.5) is 0 Å². The fourth-order valence-electron chi connectivity index (χ4n) is 2.54. The van der Waals surface area contributed by atoms with Crippen LogP contribution in [-0.4, -0.2) is 31.6 Å². The second kappa shape index (κ2) is 12.0. The van der Waals surface area contributed by atoms with Crippen LogP contribution in [0.1, 0.15) is 42.6 Å². The molecule has 2 aromatic carbocycles. The van der Waals surface area contributed by atoms with E-state index < -0.39 is 5.91 Å². The topological polar surface area (TPSA) is 76.7 Å². The van der Waals surface area contributed by atoms with Crippen molar-refractivity contribution in [1.82, 2.24) is 10.6 Å². The number of benzene rings is 2. The van der Waals surface area contributed by atoms with Crippen LogP contribution in [-0.2, 0) is 11.3 Å². The predicted octanol–water partition coefficient (Wildman–Crippen LogP) is 3.96. The van der Waals surface area contributed by atoms with E-state index in [9.17, 15) is 9.59 Å². The number of hydrogen-bond acceptors (Lipinski definition) is 4. The summed E-state index contributed by atoms with van der Waals surface area (Å²) in [6.45, 7) is 5.10. The molecule has 2 aromatic rings. The summed E-state index contributed by atoms with van der Waals surface area (Å²) in [5.74, 6) is 0.148. The highest BCUT2D eigenvalue weighted by atomic mass is 35.5. The molecule has 29 heavy (non-hydrogen) atoms. The Morgan fingerprint density at radius 1 is 1.03 bits per heavy atom. The number of carbonyl (C=O) groups is 2. The Kier molecular flexibility index (Phi) is 9.31. The number of ether oxygens (including phenoxy) is 2. The molecule has 0 atom stereocenters. The lowest BCUT2D eigenvalue weighted by molar-refractivity contribution is -0.120. The van der Waals surface area contributed by atoms with Crippen LogP contribution < -0.4 is 20.1 Å². The number of unbranched alkanes of at least 4 members (excludes halogenated alkanes) is 1. The van der Waals surface area contributed by atoms with Crippen LogP contribution in [0.2, 0.25) is 5.02 Å². The fourth-order valence-corrected chi connectivity index (χ4v) is 2.81. The van der Waals surface area contributed by atoms with E-state index in [-0.39, 0.29) is 12.5 Å². The van der Waals surface area contributed by atoms with Crippen molar-refractivity contribution in [3.8, 4) is 11.5 Å². The highest BCUT2D eigenvalue weighted by Gasteiger charge is 2.17. The number of carbonyl (C=O) groups excluding carboxylic acids is 2. The van der Waals surface area contributed by atoms with E-state index in [0.29, 0.717) is 41.8 Å². The highest BCUT2D eigenvalue weighted by molar-refractivity contribution is 6.32. The Hall–Kier alpha value is -2.73. The van der Waals surface area contributed by atoms with Gasteiger partial charge in [0.2, 0.25) is 5.91 Å². The maximum absolute atomic E-state index is 12.5. The molecule has 0 heterocycles. The van der Waals surface area contributed by atoms with Crippen molar-refractivity contribution in [1.29, 1.82) is 0 Å². The van der Waals surface area contributed by atoms with Gasteiger partial charge in [0.25, 0.3) is 5.91 Å². The average Bonchev–Trinajstić information content (AvgIpc) is 2.73. The zero-order valence-electron chi connectivity index (χ0n) is 16.8. The van der Waals surface area contributed by atoms with Gasteiger partial charge in [-0.25, -0.2) is 0 Å². The molecule has 0 aliphatic carbocycles. The first-order valence-corrected chi connectivity index (χ1v) is 10.1. The number of nitrogens with one attached hydrogen (secondary N) is 2. The number of rotatable bonds is 11. The van der Waals surface area contributed by atoms with Crippen LogP contribution in [0.15, 0.2) is 42.5 Å². The molecule has 0 fully saturated rings. The summed E-state index contributed by atoms with van der Waals surface area (Å²) < 4.78 is 11.3. The third-order valence-corrected chi connectivity index (χ3v) is 4.34. The van der Waals surface area contributed by atoms with Crippen LogP contribution in [0.25, 0.3) is 0 Å². The maximum atomic E-state index is 12.5. The van der Waals surface area contributed by atoms with Crippen molar-refractivity contribution in [2.75, 3.05) is 19.8 Å². The van der Waals surface area contributed by atoms with Crippen LogP contribution in [0.5, 0.6) is 11.5 Å². The molecule has 7 heteroatoms. The molecule has 0 unspecified atom stereocenters. The largest absolute Gasteiger partial charge is 0.490 e. The average molecular weight is 419 g/mol. The molecule has 0 aromatic heterocycles. The Labute approximate surface area is 176 Å². The van der Waals surface area contributed by atoms with Gasteiger partial charge in [-0.3, -0.25) is 9.59 Å². The Bertz CT molecular complexity index is 812. The minimum Gasteiger partial charge on any atom is -0.490 e. The predicted molar refractivity (Wildman–Crippen MR) is 114 cm³/mol. The summed E-state index contributed by atoms with van der Waals surface area (Å²) >= 11 is 6.31. The van der Waals surface area contributed by atoms with Crippen LogP contribution in [0, 0.1) is 0 Å². The Balaban J connectivity index is 1.95. The number of halogens is 1. The molecule has 2 N–H and O–H groups in total. The zero-order valence-corrected chi connectivity index (χ0v) is 17.6. The first kappa shape index (κ1) is 22.6. The van der Waals surface area contributed by atoms with Crippen molar-refractivity contribution < 1.29 is 19.1 Å². The van der Waals surface area contributed by atoms with Gasteiger partial charge in [0.15, 0.2) is 11.5 Å². The summed E-state index contributed by atoms with van der Waals surface area (Å²) in [7, 11) is 0. The molecule has 0 radical (unpaired) electrons. The quantitative estimate of drug-likeness (QED) is 0.541. The van der Waals surface area contributed by atoms with Crippen molar-refractivity contribution in [2.45, 2.75) is 33.2 Å². The van der Waals surface area contributed by atoms with Gasteiger partial charge >= 0.3 is 0 Å². The molecular weight excluding hydrogens is 392 g/mol. The van der Waals surface area contributed by atoms with Crippen molar-refractivity contribution in [3.05, 3.63) is 58.6 Å². The van der Waals surface area contributed by atoms with Crippen molar-refractivity contribution in [3.63, 3.8) is 0 Å². The van der Waals surface area contributed by atoms with Gasteiger partial charge in [0.05, 0.1) is 24.8 Å². The van der Waals surface area contributed by atoms with E-state index in [1.165, 1.54) is 6.07 Å². The summed E-state index contributed by atoms with van der Waals surface area (Å²) in [6.07, 6.45) is 1.89. The molecule has 0 bridgehead atoms. The molecule has 0 saturated heterocycles. The van der Waals surface area contributed by atoms with Gasteiger partial charge < -0.3 is 20.1 Å². The molecule has 0 aliphatic rings. The second-order valence-electron chi connectivity index (χ2n) is 6.37. The molecule has 6 nitrogen and oxygen atoms in total. The molecule has 2 rings (SSSR count). The van der Waals surface area contributed by atoms with E-state index in [2.05, 4.69) is 17.6 Å². The minimum atomic E-state index is -0.414. The highest BCUT2D eigenvalue weighted by Crippen LogP contribution is 2.36. The monoisotopic (exact) mass is 418 g/mol. The smallest absolute Gasteiger partial charge is 0.251 e. The summed E-state index contributed by atoms with van der Waals surface area (Å²) in [4.78, 5) is 24.5. The van der Waals surface area contributed by atoms with Gasteiger partial charge in [0, 0.05) is 12.1 Å². The summed E-state index contributed by atoms with van der Waals surface area (Å²) in [5, 5.41) is 5.66. The van der Waals surface area contributed by atoms with Gasteiger partial charge in [0.1, 0.15) is 0 Å². The van der Waals surface area contributed by atoms with E-state index in [0.717, 1.165) is 18.4 Å². The SMILES string of the molecule is CCCCOc1c(Cl)cc(C(=O)NCC(=O)NCc2ccccc2)cc1OCC. The lowest BCUT2D eigenvalue weighted by atomic mass is 10.2. The van der Waals surface area contributed by atoms with E-state index in [4.69, 9.17) is 21.1 Å². The molecule has 2 amide bonds. The standard InChI is InChI=1S/C22H27ClN2O4/c1-3-5-11-29-21-18(23)12-17(13-19(21)28-4-2)22(27)25-15-20(26)24-14-16-9-7-6-8-10-16/h6-10,12-13H,3-5,11,14-15H2,1-2H3,(H,24,26)(H,25,27). The van der Waals surface area contributed by atoms with Gasteiger partial charge in [-0.05, 0) is 31.0 Å². The molecule has 156 valence electrons. The van der Waals surface area contributed by atoms with E-state index in [1.54, 1.807) is 6.07 Å². The molecular formula is C22H27ClN2O4. The second-order valence-corrected chi connectivity index (χ2v) is 6.77.